The van der Waals surface area contributed by atoms with Crippen LogP contribution >= 0.6 is 49.7 Å². The molecule has 0 spiro atoms. The molecule has 0 amide bonds. The van der Waals surface area contributed by atoms with Gasteiger partial charge in [-0.1, -0.05) is 49.7 Å². The number of thiol groups is 2. The Hall–Kier alpha value is 2.55. The minimum atomic E-state index is 0. The quantitative estimate of drug-likeness (QED) is 0.157. The van der Waals surface area contributed by atoms with Gasteiger partial charge in [0.05, 0.1) is 0 Å². The van der Waals surface area contributed by atoms with Crippen molar-refractivity contribution in [2.75, 3.05) is 0 Å². The molecule has 0 aromatic carbocycles. The summed E-state index contributed by atoms with van der Waals surface area (Å²) in [6.45, 7) is 0. The third-order valence-corrected chi connectivity index (χ3v) is 0. The SMILES string of the molecule is N#CS.N#CS.[K+].[K+].[N-]=C=S.[N-]=C=S. The summed E-state index contributed by atoms with van der Waals surface area (Å²) in [4.78, 5) is 0. The smallest absolute Gasteiger partial charge is 0.753 e. The third-order valence-electron chi connectivity index (χ3n) is 0. The molecule has 0 saturated heterocycles. The van der Waals surface area contributed by atoms with Crippen LogP contribution in [-0.4, -0.2) is 10.3 Å². The molecule has 0 atom stereocenters. The molecular formula is C4H2K2N4S4. The number of nitriles is 2. The van der Waals surface area contributed by atoms with Crippen LogP contribution in [0.2, 0.25) is 0 Å². The van der Waals surface area contributed by atoms with Gasteiger partial charge in [-0.15, -0.1) is 0 Å². The number of thiocarbonyl (C=S) groups is 2. The van der Waals surface area contributed by atoms with E-state index in [0.717, 1.165) is 0 Å². The normalized spacial score (nSPS) is 2.29. The van der Waals surface area contributed by atoms with Crippen molar-refractivity contribution in [3.63, 3.8) is 0 Å². The molecule has 0 fully saturated rings. The molecule has 0 bridgehead atoms. The molecule has 0 aliphatic carbocycles. The van der Waals surface area contributed by atoms with Crippen molar-refractivity contribution in [2.24, 2.45) is 0 Å². The van der Waals surface area contributed by atoms with Gasteiger partial charge in [-0.2, -0.15) is 20.8 Å². The maximum Gasteiger partial charge on any atom is 1.00 e. The summed E-state index contributed by atoms with van der Waals surface area (Å²) in [5.41, 5.74) is 0. The minimum absolute atomic E-state index is 0. The van der Waals surface area contributed by atoms with Crippen LogP contribution in [0.4, 0.5) is 0 Å². The molecule has 0 aromatic heterocycles. The Morgan fingerprint density at radius 3 is 0.857 bits per heavy atom. The Bertz CT molecular complexity index is 184. The summed E-state index contributed by atoms with van der Waals surface area (Å²) in [6.07, 6.45) is 0. The number of rotatable bonds is 0. The van der Waals surface area contributed by atoms with E-state index < -0.39 is 0 Å². The predicted molar refractivity (Wildman–Crippen MR) is 61.1 cm³/mol. The standard InChI is InChI=1S/2CHNS.2CNS.2K/c4*2-1-3;;/h2*3H;;;;/q;;2*-1;2*+1. The summed E-state index contributed by atoms with van der Waals surface area (Å²) in [7, 11) is 0. The molecule has 0 saturated carbocycles. The molecule has 0 unspecified atom stereocenters. The van der Waals surface area contributed by atoms with Crippen LogP contribution in [0.1, 0.15) is 0 Å². The molecule has 0 N–H and O–H groups in total. The summed E-state index contributed by atoms with van der Waals surface area (Å²) >= 11 is 13.6. The fourth-order valence-electron chi connectivity index (χ4n) is 0. The van der Waals surface area contributed by atoms with Crippen molar-refractivity contribution >= 4 is 60.0 Å². The number of hydrogen-bond donors (Lipinski definition) is 2. The second kappa shape index (κ2) is 76.7. The predicted octanol–water partition coefficient (Wildman–Crippen LogP) is -3.88. The number of nitrogens with zero attached hydrogens (tertiary/aromatic N) is 4. The maximum atomic E-state index is 7.18. The summed E-state index contributed by atoms with van der Waals surface area (Å²) < 4.78 is 0. The van der Waals surface area contributed by atoms with Crippen molar-refractivity contribution in [1.82, 2.24) is 0 Å². The molecule has 64 valence electrons. The van der Waals surface area contributed by atoms with Gasteiger partial charge in [0.25, 0.3) is 0 Å². The van der Waals surface area contributed by atoms with Gasteiger partial charge in [-0.25, -0.2) is 0 Å². The molecule has 14 heavy (non-hydrogen) atoms. The zero-order valence-electron chi connectivity index (χ0n) is 7.50. The molecule has 0 aliphatic heterocycles. The minimum Gasteiger partial charge on any atom is -0.753 e. The van der Waals surface area contributed by atoms with E-state index >= 15 is 0 Å². The van der Waals surface area contributed by atoms with Gasteiger partial charge >= 0.3 is 103 Å². The van der Waals surface area contributed by atoms with Crippen molar-refractivity contribution in [3.05, 3.63) is 10.8 Å². The van der Waals surface area contributed by atoms with Crippen molar-refractivity contribution in [2.45, 2.75) is 0 Å². The number of thiocyanates is 2. The van der Waals surface area contributed by atoms with Crippen molar-refractivity contribution in [3.8, 4) is 10.8 Å². The maximum absolute atomic E-state index is 7.18. The Balaban J connectivity index is -0.0000000145. The van der Waals surface area contributed by atoms with Crippen LogP contribution in [0.15, 0.2) is 0 Å². The first-order chi connectivity index (χ1) is 5.66. The molecule has 0 aromatic rings. The first kappa shape index (κ1) is 36.0. The van der Waals surface area contributed by atoms with Crippen molar-refractivity contribution in [1.29, 1.82) is 10.5 Å². The fourth-order valence-corrected chi connectivity index (χ4v) is 0. The van der Waals surface area contributed by atoms with E-state index in [2.05, 4.69) is 49.7 Å². The number of isothiocyanates is 2. The van der Waals surface area contributed by atoms with E-state index in [1.165, 1.54) is 21.1 Å². The van der Waals surface area contributed by atoms with Gasteiger partial charge in [0.2, 0.25) is 0 Å². The van der Waals surface area contributed by atoms with Crippen LogP contribution in [0, 0.1) is 21.3 Å². The molecular weight excluding hydrogens is 311 g/mol. The molecule has 0 aliphatic rings. The Kier molecular flexibility index (Phi) is 197. The van der Waals surface area contributed by atoms with E-state index in [0.29, 0.717) is 0 Å². The van der Waals surface area contributed by atoms with E-state index in [9.17, 15) is 0 Å². The van der Waals surface area contributed by atoms with Gasteiger partial charge in [0, 0.05) is 0 Å². The van der Waals surface area contributed by atoms with E-state index in [-0.39, 0.29) is 103 Å². The average Bonchev–Trinajstić information content (AvgIpc) is 1.92. The zero-order valence-corrected chi connectivity index (χ0v) is 17.2. The van der Waals surface area contributed by atoms with Gasteiger partial charge < -0.3 is 10.8 Å². The van der Waals surface area contributed by atoms with Gasteiger partial charge in [-0.3, -0.25) is 0 Å². The first-order valence-corrected chi connectivity index (χ1v) is 3.46. The Morgan fingerprint density at radius 2 is 0.857 bits per heavy atom. The van der Waals surface area contributed by atoms with Crippen LogP contribution in [-0.2, 0) is 0 Å². The molecule has 0 rings (SSSR count). The molecule has 0 heterocycles. The van der Waals surface area contributed by atoms with E-state index in [1.54, 1.807) is 0 Å². The summed E-state index contributed by atoms with van der Waals surface area (Å²) in [5, 5.41) is 34.2. The third kappa shape index (κ3) is 410. The topological polar surface area (TPSA) is 92.2 Å². The van der Waals surface area contributed by atoms with Crippen LogP contribution in [0.25, 0.3) is 10.8 Å². The second-order valence-corrected chi connectivity index (χ2v) is 1.15. The second-order valence-electron chi connectivity index (χ2n) is 0.383. The average molecular weight is 313 g/mol. The monoisotopic (exact) mass is 312 g/mol. The van der Waals surface area contributed by atoms with Gasteiger partial charge in [0.1, 0.15) is 10.8 Å². The summed E-state index contributed by atoms with van der Waals surface area (Å²) in [5.74, 6) is 0. The van der Waals surface area contributed by atoms with Crippen molar-refractivity contribution < 1.29 is 103 Å². The van der Waals surface area contributed by atoms with Crippen LogP contribution < -0.4 is 103 Å². The van der Waals surface area contributed by atoms with E-state index in [1.807, 2.05) is 0 Å². The largest absolute Gasteiger partial charge is 1.00 e. The molecule has 0 radical (unpaired) electrons. The zero-order chi connectivity index (χ0) is 10.8. The Morgan fingerprint density at radius 1 is 0.857 bits per heavy atom. The van der Waals surface area contributed by atoms with E-state index in [4.69, 9.17) is 21.3 Å². The first-order valence-electron chi connectivity index (χ1n) is 1.75. The molecule has 10 heteroatoms. The summed E-state index contributed by atoms with van der Waals surface area (Å²) in [6, 6.07) is 0. The van der Waals surface area contributed by atoms with Crippen LogP contribution in [0.5, 0.6) is 0 Å². The van der Waals surface area contributed by atoms with Crippen LogP contribution in [0.3, 0.4) is 0 Å². The Labute approximate surface area is 190 Å². The molecule has 4 nitrogen and oxygen atoms in total. The fraction of sp³-hybridized carbons (Fsp3) is 0. The van der Waals surface area contributed by atoms with Gasteiger partial charge in [-0.05, 0) is 0 Å². The number of hydrogen-bond acceptors (Lipinski definition) is 6. The van der Waals surface area contributed by atoms with Gasteiger partial charge in [0.15, 0.2) is 0 Å².